The third kappa shape index (κ3) is 5.89. The van der Waals surface area contributed by atoms with E-state index in [4.69, 9.17) is 10.5 Å². The van der Waals surface area contributed by atoms with Gasteiger partial charge in [-0.15, -0.1) is 0 Å². The Labute approximate surface area is 214 Å². The number of nitrogens with two attached hydrogens (primary N) is 1. The largest absolute Gasteiger partial charge is 0.480 e. The number of nitrogens with zero attached hydrogens (tertiary/aromatic N) is 3. The molecule has 1 fully saturated rings. The molecule has 0 unspecified atom stereocenters. The topological polar surface area (TPSA) is 168 Å². The number of ether oxygens (including phenoxy) is 1. The first-order valence-electron chi connectivity index (χ1n) is 11.3. The van der Waals surface area contributed by atoms with Gasteiger partial charge in [-0.25, -0.2) is 18.0 Å². The summed E-state index contributed by atoms with van der Waals surface area (Å²) in [6, 6.07) is 8.25. The molecule has 2 aromatic carbocycles. The molecule has 3 rings (SSSR count). The number of sulfonamides is 1. The first-order chi connectivity index (χ1) is 17.3. The maximum atomic E-state index is 13.7. The lowest BCUT2D eigenvalue weighted by Gasteiger charge is -2.32. The van der Waals surface area contributed by atoms with Gasteiger partial charge in [0.25, 0.3) is 0 Å². The minimum absolute atomic E-state index is 0.0605. The van der Waals surface area contributed by atoms with Crippen molar-refractivity contribution in [1.82, 2.24) is 9.21 Å². The highest BCUT2D eigenvalue weighted by atomic mass is 32.2. The van der Waals surface area contributed by atoms with E-state index in [1.807, 2.05) is 0 Å². The Bertz CT molecular complexity index is 1290. The van der Waals surface area contributed by atoms with E-state index in [0.29, 0.717) is 6.42 Å². The zero-order valence-electron chi connectivity index (χ0n) is 20.5. The van der Waals surface area contributed by atoms with Crippen LogP contribution >= 0.6 is 0 Å². The van der Waals surface area contributed by atoms with Crippen molar-refractivity contribution in [2.45, 2.75) is 36.7 Å². The van der Waals surface area contributed by atoms with Crippen molar-refractivity contribution in [3.8, 4) is 5.75 Å². The first kappa shape index (κ1) is 27.6. The molecule has 0 aromatic heterocycles. The van der Waals surface area contributed by atoms with E-state index >= 15 is 0 Å². The fourth-order valence-electron chi connectivity index (χ4n) is 3.88. The van der Waals surface area contributed by atoms with E-state index in [-0.39, 0.29) is 34.9 Å². The second kappa shape index (κ2) is 11.0. The Balaban J connectivity index is 1.92. The Morgan fingerprint density at radius 1 is 1.05 bits per heavy atom. The minimum atomic E-state index is -4.14. The van der Waals surface area contributed by atoms with Gasteiger partial charge in [-0.3, -0.25) is 14.5 Å². The molecule has 1 saturated heterocycles. The van der Waals surface area contributed by atoms with Gasteiger partial charge < -0.3 is 20.5 Å². The Kier molecular flexibility index (Phi) is 8.18. The first-order valence-corrected chi connectivity index (χ1v) is 12.8. The quantitative estimate of drug-likeness (QED) is 0.516. The molecular formula is C24H28N4O8S. The predicted molar refractivity (Wildman–Crippen MR) is 133 cm³/mol. The maximum Gasteiger partial charge on any atom is 0.414 e. The molecule has 0 aliphatic carbocycles. The van der Waals surface area contributed by atoms with Crippen molar-refractivity contribution in [2.75, 3.05) is 25.5 Å². The van der Waals surface area contributed by atoms with Gasteiger partial charge >= 0.3 is 12.1 Å². The van der Waals surface area contributed by atoms with Gasteiger partial charge in [0.1, 0.15) is 17.8 Å². The zero-order chi connectivity index (χ0) is 27.5. The summed E-state index contributed by atoms with van der Waals surface area (Å²) in [6.07, 6.45) is -0.0297. The van der Waals surface area contributed by atoms with Crippen LogP contribution in [-0.2, 0) is 19.6 Å². The summed E-state index contributed by atoms with van der Waals surface area (Å²) in [6.45, 7) is 1.38. The summed E-state index contributed by atoms with van der Waals surface area (Å²) in [5, 5.41) is 9.68. The number of hydrogen-bond acceptors (Lipinski definition) is 7. The van der Waals surface area contributed by atoms with E-state index in [1.165, 1.54) is 74.4 Å². The lowest BCUT2D eigenvalue weighted by Crippen LogP contribution is -2.52. The Morgan fingerprint density at radius 3 is 2.16 bits per heavy atom. The number of carboxylic acids is 1. The number of carboxylic acid groups (broad SMARTS) is 1. The van der Waals surface area contributed by atoms with E-state index in [9.17, 15) is 32.7 Å². The van der Waals surface area contributed by atoms with E-state index in [0.717, 1.165) is 9.21 Å². The number of primary amides is 1. The summed E-state index contributed by atoms with van der Waals surface area (Å²) >= 11 is 0. The fourth-order valence-corrected chi connectivity index (χ4v) is 5.53. The average molecular weight is 533 g/mol. The van der Waals surface area contributed by atoms with Crippen molar-refractivity contribution in [3.63, 3.8) is 0 Å². The van der Waals surface area contributed by atoms with E-state index in [1.54, 1.807) is 0 Å². The summed E-state index contributed by atoms with van der Waals surface area (Å²) in [4.78, 5) is 50.8. The highest BCUT2D eigenvalue weighted by molar-refractivity contribution is 7.89. The zero-order valence-corrected chi connectivity index (χ0v) is 21.3. The van der Waals surface area contributed by atoms with Crippen LogP contribution in [0, 0.1) is 0 Å². The molecule has 0 spiro atoms. The van der Waals surface area contributed by atoms with Gasteiger partial charge in [-0.1, -0.05) is 0 Å². The van der Waals surface area contributed by atoms with Crippen LogP contribution < -0.4 is 15.4 Å². The van der Waals surface area contributed by atoms with Crippen molar-refractivity contribution >= 4 is 39.6 Å². The SMILES string of the molecule is C[C@@H](C(=O)O)N(C(=O)[C@@H]1CCCN1S(=O)(=O)c1ccc(C(N)=O)cc1)c1ccc(OC(=O)N(C)C)cc1. The molecule has 3 amide bonds. The van der Waals surface area contributed by atoms with Crippen LogP contribution in [0.2, 0.25) is 0 Å². The molecule has 198 valence electrons. The van der Waals surface area contributed by atoms with Gasteiger partial charge in [0.2, 0.25) is 21.8 Å². The Hall–Kier alpha value is -3.97. The van der Waals surface area contributed by atoms with Crippen molar-refractivity contribution in [1.29, 1.82) is 0 Å². The summed E-state index contributed by atoms with van der Waals surface area (Å²) in [5.74, 6) is -2.52. The molecule has 2 atom stereocenters. The monoisotopic (exact) mass is 532 g/mol. The number of anilines is 1. The lowest BCUT2D eigenvalue weighted by atomic mass is 10.1. The summed E-state index contributed by atoms with van der Waals surface area (Å²) < 4.78 is 32.9. The molecule has 0 bridgehead atoms. The second-order valence-electron chi connectivity index (χ2n) is 8.64. The highest BCUT2D eigenvalue weighted by Gasteiger charge is 2.43. The van der Waals surface area contributed by atoms with Gasteiger partial charge in [-0.2, -0.15) is 4.31 Å². The third-order valence-corrected chi connectivity index (χ3v) is 7.82. The molecule has 1 aliphatic heterocycles. The molecule has 12 nitrogen and oxygen atoms in total. The van der Waals surface area contributed by atoms with Gasteiger partial charge in [-0.05, 0) is 68.3 Å². The molecule has 2 aromatic rings. The van der Waals surface area contributed by atoms with Gasteiger partial charge in [0.15, 0.2) is 0 Å². The molecule has 0 radical (unpaired) electrons. The highest BCUT2D eigenvalue weighted by Crippen LogP contribution is 2.30. The molecule has 1 heterocycles. The molecule has 1 aliphatic rings. The standard InChI is InChI=1S/C24H28N4O8S/c1-15(23(31)32)28(17-8-10-18(11-9-17)36-24(33)26(2)3)22(30)20-5-4-14-27(20)37(34,35)19-12-6-16(7-13-19)21(25)29/h6-13,15,20H,4-5,14H2,1-3H3,(H2,25,29)(H,31,32)/t15-,20-/m0/s1. The normalized spacial score (nSPS) is 16.6. The molecular weight excluding hydrogens is 504 g/mol. The van der Waals surface area contributed by atoms with E-state index < -0.39 is 46.0 Å². The molecule has 13 heteroatoms. The number of aliphatic carboxylic acids is 1. The van der Waals surface area contributed by atoms with Crippen LogP contribution in [0.15, 0.2) is 53.4 Å². The second-order valence-corrected chi connectivity index (χ2v) is 10.5. The number of rotatable bonds is 8. The van der Waals surface area contributed by atoms with Crippen LogP contribution in [0.1, 0.15) is 30.1 Å². The smallest absolute Gasteiger partial charge is 0.414 e. The fraction of sp³-hybridized carbons (Fsp3) is 0.333. The van der Waals surface area contributed by atoms with Crippen LogP contribution in [0.4, 0.5) is 10.5 Å². The van der Waals surface area contributed by atoms with Gasteiger partial charge in [0, 0.05) is 31.9 Å². The van der Waals surface area contributed by atoms with Crippen molar-refractivity contribution in [2.24, 2.45) is 5.73 Å². The average Bonchev–Trinajstić information content (AvgIpc) is 3.36. The number of benzene rings is 2. The van der Waals surface area contributed by atoms with Crippen LogP contribution in [-0.4, -0.2) is 79.3 Å². The number of hydrogen-bond donors (Lipinski definition) is 2. The molecule has 37 heavy (non-hydrogen) atoms. The summed E-state index contributed by atoms with van der Waals surface area (Å²) in [5.41, 5.74) is 5.55. The lowest BCUT2D eigenvalue weighted by molar-refractivity contribution is -0.140. The van der Waals surface area contributed by atoms with Gasteiger partial charge in [0.05, 0.1) is 4.90 Å². The van der Waals surface area contributed by atoms with Crippen LogP contribution in [0.3, 0.4) is 0 Å². The van der Waals surface area contributed by atoms with Crippen LogP contribution in [0.5, 0.6) is 5.75 Å². The van der Waals surface area contributed by atoms with Crippen molar-refractivity contribution in [3.05, 3.63) is 54.1 Å². The molecule has 3 N–H and O–H groups in total. The predicted octanol–water partition coefficient (Wildman–Crippen LogP) is 1.51. The third-order valence-electron chi connectivity index (χ3n) is 5.90. The number of amides is 3. The summed E-state index contributed by atoms with van der Waals surface area (Å²) in [7, 11) is -1.12. The van der Waals surface area contributed by atoms with Crippen molar-refractivity contribution < 1.29 is 37.4 Å². The maximum absolute atomic E-state index is 13.7. The van der Waals surface area contributed by atoms with E-state index in [2.05, 4.69) is 0 Å². The molecule has 0 saturated carbocycles. The van der Waals surface area contributed by atoms with Crippen LogP contribution in [0.25, 0.3) is 0 Å². The number of carbonyl (C=O) groups excluding carboxylic acids is 3. The number of carbonyl (C=O) groups is 4. The minimum Gasteiger partial charge on any atom is -0.480 e. The Morgan fingerprint density at radius 2 is 1.65 bits per heavy atom.